The van der Waals surface area contributed by atoms with Crippen LogP contribution in [0.2, 0.25) is 0 Å². The first kappa shape index (κ1) is 15.7. The number of halogens is 1. The van der Waals surface area contributed by atoms with Gasteiger partial charge in [0, 0.05) is 35.5 Å². The highest BCUT2D eigenvalue weighted by Crippen LogP contribution is 2.21. The van der Waals surface area contributed by atoms with Crippen molar-refractivity contribution in [1.82, 2.24) is 15.0 Å². The van der Waals surface area contributed by atoms with Gasteiger partial charge in [-0.05, 0) is 42.8 Å². The monoisotopic (exact) mass is 313 g/mol. The van der Waals surface area contributed by atoms with Crippen molar-refractivity contribution in [1.29, 1.82) is 0 Å². The molecule has 0 saturated carbocycles. The van der Waals surface area contributed by atoms with Crippen molar-refractivity contribution in [2.24, 2.45) is 0 Å². The van der Waals surface area contributed by atoms with Crippen LogP contribution in [0.5, 0.6) is 0 Å². The molecule has 3 aromatic rings. The fourth-order valence-electron chi connectivity index (χ4n) is 1.94. The minimum Gasteiger partial charge on any atom is -0.398 e. The van der Waals surface area contributed by atoms with Gasteiger partial charge < -0.3 is 11.1 Å². The van der Waals surface area contributed by atoms with Gasteiger partial charge in [0.1, 0.15) is 0 Å². The zero-order valence-corrected chi connectivity index (χ0v) is 12.8. The molecule has 0 amide bonds. The Balaban J connectivity index is 0.00000176. The molecule has 0 bridgehead atoms. The average molecular weight is 314 g/mol. The van der Waals surface area contributed by atoms with E-state index >= 15 is 0 Å². The third kappa shape index (κ3) is 3.51. The van der Waals surface area contributed by atoms with E-state index in [9.17, 15) is 0 Å². The fraction of sp³-hybridized carbons (Fsp3) is 0.0625. The molecule has 0 unspecified atom stereocenters. The van der Waals surface area contributed by atoms with E-state index in [2.05, 4.69) is 20.3 Å². The van der Waals surface area contributed by atoms with E-state index in [-0.39, 0.29) is 12.4 Å². The maximum absolute atomic E-state index is 5.91. The normalized spacial score (nSPS) is 9.86. The largest absolute Gasteiger partial charge is 0.398 e. The lowest BCUT2D eigenvalue weighted by Crippen LogP contribution is -1.99. The molecule has 0 atom stereocenters. The first-order chi connectivity index (χ1) is 10.2. The van der Waals surface area contributed by atoms with Crippen molar-refractivity contribution in [2.75, 3.05) is 11.1 Å². The minimum atomic E-state index is 0. The lowest BCUT2D eigenvalue weighted by atomic mass is 10.2. The van der Waals surface area contributed by atoms with Gasteiger partial charge >= 0.3 is 0 Å². The number of nitrogens with one attached hydrogen (secondary N) is 1. The summed E-state index contributed by atoms with van der Waals surface area (Å²) in [7, 11) is 0. The zero-order chi connectivity index (χ0) is 14.7. The predicted molar refractivity (Wildman–Crippen MR) is 91.4 cm³/mol. The van der Waals surface area contributed by atoms with Crippen LogP contribution in [-0.4, -0.2) is 15.0 Å². The van der Waals surface area contributed by atoms with Crippen LogP contribution in [0.4, 0.5) is 17.3 Å². The van der Waals surface area contributed by atoms with Gasteiger partial charge in [0.25, 0.3) is 0 Å². The molecular formula is C16H16ClN5. The summed E-state index contributed by atoms with van der Waals surface area (Å²) in [5, 5.41) is 3.16. The zero-order valence-electron chi connectivity index (χ0n) is 12.0. The molecule has 0 spiro atoms. The molecule has 5 nitrogen and oxygen atoms in total. The van der Waals surface area contributed by atoms with Gasteiger partial charge in [-0.25, -0.2) is 9.97 Å². The van der Waals surface area contributed by atoms with E-state index < -0.39 is 0 Å². The molecule has 112 valence electrons. The van der Waals surface area contributed by atoms with Crippen LogP contribution in [0.1, 0.15) is 5.56 Å². The standard InChI is InChI=1S/C16H15N5.ClH/c1-11-4-5-13(9-14(11)17)20-16-19-8-6-15(21-16)12-3-2-7-18-10-12;/h2-10H,17H2,1H3,(H,19,20,21);1H. The molecule has 0 aliphatic carbocycles. The number of nitrogen functional groups attached to an aromatic ring is 1. The Kier molecular flexibility index (Phi) is 4.91. The summed E-state index contributed by atoms with van der Waals surface area (Å²) in [6.07, 6.45) is 5.23. The molecule has 2 heterocycles. The van der Waals surface area contributed by atoms with E-state index in [1.54, 1.807) is 18.6 Å². The number of nitrogens with two attached hydrogens (primary N) is 1. The van der Waals surface area contributed by atoms with Gasteiger partial charge in [0.2, 0.25) is 5.95 Å². The summed E-state index contributed by atoms with van der Waals surface area (Å²) in [5.74, 6) is 0.527. The Morgan fingerprint density at radius 2 is 1.95 bits per heavy atom. The van der Waals surface area contributed by atoms with Crippen LogP contribution in [-0.2, 0) is 0 Å². The number of anilines is 3. The molecule has 0 saturated heterocycles. The Labute approximate surface area is 135 Å². The molecular weight excluding hydrogens is 298 g/mol. The van der Waals surface area contributed by atoms with E-state index in [0.717, 1.165) is 28.2 Å². The number of rotatable bonds is 3. The second-order valence-corrected chi connectivity index (χ2v) is 4.70. The van der Waals surface area contributed by atoms with E-state index in [1.807, 2.05) is 43.3 Å². The number of aromatic nitrogens is 3. The highest BCUT2D eigenvalue weighted by atomic mass is 35.5. The Morgan fingerprint density at radius 3 is 2.68 bits per heavy atom. The molecule has 0 aliphatic heterocycles. The Bertz CT molecular complexity index is 761. The smallest absolute Gasteiger partial charge is 0.227 e. The van der Waals surface area contributed by atoms with Gasteiger partial charge in [0.15, 0.2) is 0 Å². The summed E-state index contributed by atoms with van der Waals surface area (Å²) >= 11 is 0. The third-order valence-electron chi connectivity index (χ3n) is 3.15. The van der Waals surface area contributed by atoms with Crippen LogP contribution >= 0.6 is 12.4 Å². The molecule has 2 aromatic heterocycles. The molecule has 6 heteroatoms. The third-order valence-corrected chi connectivity index (χ3v) is 3.15. The van der Waals surface area contributed by atoms with Crippen LogP contribution in [0.15, 0.2) is 55.0 Å². The number of pyridine rings is 1. The predicted octanol–water partition coefficient (Wildman–Crippen LogP) is 3.59. The number of hydrogen-bond donors (Lipinski definition) is 2. The van der Waals surface area contributed by atoms with Crippen molar-refractivity contribution in [3.63, 3.8) is 0 Å². The summed E-state index contributed by atoms with van der Waals surface area (Å²) in [6.45, 7) is 1.97. The highest BCUT2D eigenvalue weighted by molar-refractivity contribution is 5.85. The quantitative estimate of drug-likeness (QED) is 0.722. The SMILES string of the molecule is Cc1ccc(Nc2nccc(-c3cccnc3)n2)cc1N.Cl. The number of aryl methyl sites for hydroxylation is 1. The van der Waals surface area contributed by atoms with Crippen molar-refractivity contribution < 1.29 is 0 Å². The molecule has 22 heavy (non-hydrogen) atoms. The number of nitrogens with zero attached hydrogens (tertiary/aromatic N) is 3. The van der Waals surface area contributed by atoms with Crippen molar-refractivity contribution in [3.8, 4) is 11.3 Å². The maximum atomic E-state index is 5.91. The average Bonchev–Trinajstić information content (AvgIpc) is 2.52. The molecule has 0 aliphatic rings. The van der Waals surface area contributed by atoms with Crippen molar-refractivity contribution in [3.05, 3.63) is 60.6 Å². The second kappa shape index (κ2) is 6.87. The molecule has 3 rings (SSSR count). The lowest BCUT2D eigenvalue weighted by Gasteiger charge is -2.08. The van der Waals surface area contributed by atoms with Crippen molar-refractivity contribution >= 4 is 29.7 Å². The molecule has 0 fully saturated rings. The summed E-state index contributed by atoms with van der Waals surface area (Å²) < 4.78 is 0. The highest BCUT2D eigenvalue weighted by Gasteiger charge is 2.03. The summed E-state index contributed by atoms with van der Waals surface area (Å²) in [5.41, 5.74) is 10.3. The van der Waals surface area contributed by atoms with E-state index in [1.165, 1.54) is 0 Å². The van der Waals surface area contributed by atoms with Crippen LogP contribution < -0.4 is 11.1 Å². The Hall–Kier alpha value is -2.66. The van der Waals surface area contributed by atoms with Gasteiger partial charge in [-0.2, -0.15) is 0 Å². The maximum Gasteiger partial charge on any atom is 0.227 e. The van der Waals surface area contributed by atoms with Gasteiger partial charge in [0.05, 0.1) is 5.69 Å². The first-order valence-corrected chi connectivity index (χ1v) is 6.59. The summed E-state index contributed by atoms with van der Waals surface area (Å²) in [6, 6.07) is 11.5. The summed E-state index contributed by atoms with van der Waals surface area (Å²) in [4.78, 5) is 12.8. The minimum absolute atomic E-state index is 0. The lowest BCUT2D eigenvalue weighted by molar-refractivity contribution is 1.16. The second-order valence-electron chi connectivity index (χ2n) is 4.70. The van der Waals surface area contributed by atoms with E-state index in [4.69, 9.17) is 5.73 Å². The molecule has 3 N–H and O–H groups in total. The first-order valence-electron chi connectivity index (χ1n) is 6.59. The van der Waals surface area contributed by atoms with Crippen molar-refractivity contribution in [2.45, 2.75) is 6.92 Å². The van der Waals surface area contributed by atoms with Crippen LogP contribution in [0.25, 0.3) is 11.3 Å². The van der Waals surface area contributed by atoms with Gasteiger partial charge in [-0.3, -0.25) is 4.98 Å². The number of benzene rings is 1. The topological polar surface area (TPSA) is 76.7 Å². The Morgan fingerprint density at radius 1 is 1.09 bits per heavy atom. The van der Waals surface area contributed by atoms with Gasteiger partial charge in [-0.1, -0.05) is 6.07 Å². The van der Waals surface area contributed by atoms with Crippen LogP contribution in [0, 0.1) is 6.92 Å². The molecule has 0 radical (unpaired) electrons. The van der Waals surface area contributed by atoms with Crippen LogP contribution in [0.3, 0.4) is 0 Å². The number of hydrogen-bond acceptors (Lipinski definition) is 5. The van der Waals surface area contributed by atoms with Gasteiger partial charge in [-0.15, -0.1) is 12.4 Å². The van der Waals surface area contributed by atoms with E-state index in [0.29, 0.717) is 5.95 Å². The fourth-order valence-corrected chi connectivity index (χ4v) is 1.94. The molecule has 1 aromatic carbocycles.